The molecule has 0 aliphatic carbocycles. The van der Waals surface area contributed by atoms with Crippen LogP contribution in [0.25, 0.3) is 0 Å². The van der Waals surface area contributed by atoms with Gasteiger partial charge in [0.25, 0.3) is 5.91 Å². The van der Waals surface area contributed by atoms with Crippen LogP contribution in [0, 0.1) is 13.8 Å². The standard InChI is InChI=1S/C22H23N3O2/c1-15-8-10-20(27-3)19(12-15)25-21-11-9-18(14-23-21)22(26)24-13-17-7-5-4-6-16(17)2/h4-12,14H,13H2,1-3H3,(H,23,25)(H,24,26). The molecule has 3 rings (SSSR count). The summed E-state index contributed by atoms with van der Waals surface area (Å²) in [4.78, 5) is 16.7. The number of benzene rings is 2. The topological polar surface area (TPSA) is 63.2 Å². The van der Waals surface area contributed by atoms with Crippen LogP contribution in [0.4, 0.5) is 11.5 Å². The second-order valence-corrected chi connectivity index (χ2v) is 6.37. The van der Waals surface area contributed by atoms with Gasteiger partial charge in [-0.05, 0) is 54.8 Å². The van der Waals surface area contributed by atoms with Crippen molar-refractivity contribution in [3.63, 3.8) is 0 Å². The third-order valence-corrected chi connectivity index (χ3v) is 4.34. The van der Waals surface area contributed by atoms with Gasteiger partial charge in [0.2, 0.25) is 0 Å². The van der Waals surface area contributed by atoms with E-state index >= 15 is 0 Å². The van der Waals surface area contributed by atoms with Crippen LogP contribution < -0.4 is 15.4 Å². The van der Waals surface area contributed by atoms with E-state index in [9.17, 15) is 4.79 Å². The first-order valence-electron chi connectivity index (χ1n) is 8.77. The molecule has 0 aliphatic rings. The van der Waals surface area contributed by atoms with E-state index in [-0.39, 0.29) is 5.91 Å². The molecule has 0 unspecified atom stereocenters. The summed E-state index contributed by atoms with van der Waals surface area (Å²) in [6.07, 6.45) is 1.57. The van der Waals surface area contributed by atoms with E-state index < -0.39 is 0 Å². The van der Waals surface area contributed by atoms with Crippen molar-refractivity contribution < 1.29 is 9.53 Å². The number of aryl methyl sites for hydroxylation is 2. The maximum absolute atomic E-state index is 12.4. The molecule has 2 N–H and O–H groups in total. The van der Waals surface area contributed by atoms with Crippen molar-refractivity contribution in [2.24, 2.45) is 0 Å². The highest BCUT2D eigenvalue weighted by Gasteiger charge is 2.08. The third kappa shape index (κ3) is 4.64. The largest absolute Gasteiger partial charge is 0.495 e. The Hall–Kier alpha value is -3.34. The summed E-state index contributed by atoms with van der Waals surface area (Å²) in [7, 11) is 1.63. The van der Waals surface area contributed by atoms with Crippen LogP contribution in [-0.2, 0) is 6.54 Å². The van der Waals surface area contributed by atoms with E-state index in [2.05, 4.69) is 15.6 Å². The molecule has 138 valence electrons. The first kappa shape index (κ1) is 18.5. The number of nitrogens with one attached hydrogen (secondary N) is 2. The number of pyridine rings is 1. The Kier molecular flexibility index (Phi) is 5.71. The second kappa shape index (κ2) is 8.36. The minimum atomic E-state index is -0.148. The lowest BCUT2D eigenvalue weighted by atomic mass is 10.1. The van der Waals surface area contributed by atoms with Crippen LogP contribution in [0.1, 0.15) is 27.0 Å². The smallest absolute Gasteiger partial charge is 0.253 e. The van der Waals surface area contributed by atoms with Crippen molar-refractivity contribution in [2.75, 3.05) is 12.4 Å². The number of amides is 1. The van der Waals surface area contributed by atoms with Gasteiger partial charge in [-0.25, -0.2) is 4.98 Å². The zero-order chi connectivity index (χ0) is 19.2. The minimum Gasteiger partial charge on any atom is -0.495 e. The third-order valence-electron chi connectivity index (χ3n) is 4.34. The molecular formula is C22H23N3O2. The fraction of sp³-hybridized carbons (Fsp3) is 0.182. The first-order chi connectivity index (χ1) is 13.1. The lowest BCUT2D eigenvalue weighted by Gasteiger charge is -2.12. The monoisotopic (exact) mass is 361 g/mol. The number of hydrogen-bond donors (Lipinski definition) is 2. The number of aromatic nitrogens is 1. The average molecular weight is 361 g/mol. The van der Waals surface area contributed by atoms with E-state index in [0.29, 0.717) is 17.9 Å². The zero-order valence-electron chi connectivity index (χ0n) is 15.7. The van der Waals surface area contributed by atoms with Crippen LogP contribution in [0.2, 0.25) is 0 Å². The summed E-state index contributed by atoms with van der Waals surface area (Å²) < 4.78 is 5.36. The zero-order valence-corrected chi connectivity index (χ0v) is 15.7. The summed E-state index contributed by atoms with van der Waals surface area (Å²) in [5.74, 6) is 1.24. The summed E-state index contributed by atoms with van der Waals surface area (Å²) >= 11 is 0. The Bertz CT molecular complexity index is 937. The van der Waals surface area contributed by atoms with Gasteiger partial charge in [0.15, 0.2) is 0 Å². The molecule has 5 nitrogen and oxygen atoms in total. The average Bonchev–Trinajstić information content (AvgIpc) is 2.68. The molecule has 2 aromatic carbocycles. The molecule has 0 radical (unpaired) electrons. The minimum absolute atomic E-state index is 0.148. The van der Waals surface area contributed by atoms with Crippen molar-refractivity contribution in [1.29, 1.82) is 0 Å². The molecule has 5 heteroatoms. The van der Waals surface area contributed by atoms with Crippen molar-refractivity contribution in [2.45, 2.75) is 20.4 Å². The van der Waals surface area contributed by atoms with E-state index in [1.54, 1.807) is 25.4 Å². The second-order valence-electron chi connectivity index (χ2n) is 6.37. The number of carbonyl (C=O) groups excluding carboxylic acids is 1. The van der Waals surface area contributed by atoms with Crippen LogP contribution in [-0.4, -0.2) is 18.0 Å². The predicted molar refractivity (Wildman–Crippen MR) is 108 cm³/mol. The molecular weight excluding hydrogens is 338 g/mol. The highest BCUT2D eigenvalue weighted by atomic mass is 16.5. The molecule has 0 fully saturated rings. The van der Waals surface area contributed by atoms with Gasteiger partial charge in [-0.15, -0.1) is 0 Å². The summed E-state index contributed by atoms with van der Waals surface area (Å²) in [5.41, 5.74) is 4.73. The molecule has 0 spiro atoms. The van der Waals surface area contributed by atoms with Crippen LogP contribution in [0.15, 0.2) is 60.8 Å². The number of anilines is 2. The van der Waals surface area contributed by atoms with Crippen molar-refractivity contribution in [3.05, 3.63) is 83.0 Å². The molecule has 0 saturated carbocycles. The molecule has 3 aromatic rings. The van der Waals surface area contributed by atoms with Gasteiger partial charge in [0.05, 0.1) is 18.4 Å². The number of ether oxygens (including phenoxy) is 1. The maximum atomic E-state index is 12.4. The van der Waals surface area contributed by atoms with Gasteiger partial charge in [-0.1, -0.05) is 30.3 Å². The lowest BCUT2D eigenvalue weighted by molar-refractivity contribution is 0.0950. The molecule has 0 saturated heterocycles. The normalized spacial score (nSPS) is 10.3. The number of carbonyl (C=O) groups is 1. The highest BCUT2D eigenvalue weighted by molar-refractivity contribution is 5.94. The molecule has 27 heavy (non-hydrogen) atoms. The van der Waals surface area contributed by atoms with E-state index in [1.807, 2.05) is 56.3 Å². The number of rotatable bonds is 6. The van der Waals surface area contributed by atoms with E-state index in [0.717, 1.165) is 28.1 Å². The quantitative estimate of drug-likeness (QED) is 0.684. The van der Waals surface area contributed by atoms with Crippen molar-refractivity contribution in [3.8, 4) is 5.75 Å². The van der Waals surface area contributed by atoms with Gasteiger partial charge in [0.1, 0.15) is 11.6 Å². The number of nitrogens with zero attached hydrogens (tertiary/aromatic N) is 1. The van der Waals surface area contributed by atoms with Gasteiger partial charge < -0.3 is 15.4 Å². The highest BCUT2D eigenvalue weighted by Crippen LogP contribution is 2.27. The molecule has 0 atom stereocenters. The summed E-state index contributed by atoms with van der Waals surface area (Å²) in [5, 5.41) is 6.16. The summed E-state index contributed by atoms with van der Waals surface area (Å²) in [6.45, 7) is 4.54. The van der Waals surface area contributed by atoms with Gasteiger partial charge >= 0.3 is 0 Å². The number of methoxy groups -OCH3 is 1. The number of hydrogen-bond acceptors (Lipinski definition) is 4. The van der Waals surface area contributed by atoms with Crippen LogP contribution in [0.3, 0.4) is 0 Å². The van der Waals surface area contributed by atoms with Crippen molar-refractivity contribution in [1.82, 2.24) is 10.3 Å². The SMILES string of the molecule is COc1ccc(C)cc1Nc1ccc(C(=O)NCc2ccccc2C)cn1. The van der Waals surface area contributed by atoms with E-state index in [1.165, 1.54) is 0 Å². The summed E-state index contributed by atoms with van der Waals surface area (Å²) in [6, 6.07) is 17.4. The Balaban J connectivity index is 1.65. The fourth-order valence-electron chi connectivity index (χ4n) is 2.75. The van der Waals surface area contributed by atoms with E-state index in [4.69, 9.17) is 4.74 Å². The van der Waals surface area contributed by atoms with Gasteiger partial charge in [-0.2, -0.15) is 0 Å². The molecule has 1 aromatic heterocycles. The predicted octanol–water partition coefficient (Wildman–Crippen LogP) is 4.38. The Labute approximate surface area is 159 Å². The Morgan fingerprint density at radius 1 is 1.07 bits per heavy atom. The first-order valence-corrected chi connectivity index (χ1v) is 8.77. The molecule has 1 heterocycles. The molecule has 0 aliphatic heterocycles. The van der Waals surface area contributed by atoms with Crippen molar-refractivity contribution >= 4 is 17.4 Å². The van der Waals surface area contributed by atoms with Crippen LogP contribution >= 0.6 is 0 Å². The molecule has 1 amide bonds. The van der Waals surface area contributed by atoms with Gasteiger partial charge in [-0.3, -0.25) is 4.79 Å². The van der Waals surface area contributed by atoms with Gasteiger partial charge in [0, 0.05) is 12.7 Å². The molecule has 0 bridgehead atoms. The Morgan fingerprint density at radius 2 is 1.89 bits per heavy atom. The van der Waals surface area contributed by atoms with Crippen LogP contribution in [0.5, 0.6) is 5.75 Å². The lowest BCUT2D eigenvalue weighted by Crippen LogP contribution is -2.23. The Morgan fingerprint density at radius 3 is 2.59 bits per heavy atom. The fourth-order valence-corrected chi connectivity index (χ4v) is 2.75. The maximum Gasteiger partial charge on any atom is 0.253 e.